The fourth-order valence-corrected chi connectivity index (χ4v) is 9.09. The van der Waals surface area contributed by atoms with Gasteiger partial charge < -0.3 is 160 Å². The van der Waals surface area contributed by atoms with Gasteiger partial charge in [0, 0.05) is 6.61 Å². The van der Waals surface area contributed by atoms with Gasteiger partial charge >= 0.3 is 0 Å². The number of rotatable bonds is 21. The maximum atomic E-state index is 11.3. The molecule has 422 valence electrons. The van der Waals surface area contributed by atoms with E-state index in [4.69, 9.17) is 62.6 Å². The number of unbranched alkanes of at least 4 members (excludes halogenated alkanes) is 1. The Hall–Kier alpha value is -1.28. The van der Waals surface area contributed by atoms with Gasteiger partial charge in [-0.15, -0.1) is 0 Å². The van der Waals surface area contributed by atoms with E-state index in [1.54, 1.807) is 0 Å². The molecular formula is C40H71NO31. The van der Waals surface area contributed by atoms with Crippen LogP contribution in [0.1, 0.15) is 12.8 Å². The Morgan fingerprint density at radius 1 is 0.278 bits per heavy atom. The van der Waals surface area contributed by atoms with Crippen molar-refractivity contribution in [1.82, 2.24) is 0 Å². The van der Waals surface area contributed by atoms with Gasteiger partial charge in [0.15, 0.2) is 37.7 Å². The number of hydrogen-bond donors (Lipinski definition) is 20. The van der Waals surface area contributed by atoms with Gasteiger partial charge in [-0.3, -0.25) is 0 Å². The maximum Gasteiger partial charge on any atom is 0.187 e. The summed E-state index contributed by atoms with van der Waals surface area (Å²) in [6.45, 7) is -5.10. The van der Waals surface area contributed by atoms with Crippen LogP contribution in [0.2, 0.25) is 0 Å². The Labute approximate surface area is 409 Å². The summed E-state index contributed by atoms with van der Waals surface area (Å²) in [6.07, 6.45) is -54.3. The van der Waals surface area contributed by atoms with Gasteiger partial charge in [0.05, 0.1) is 39.6 Å². The van der Waals surface area contributed by atoms with E-state index in [-0.39, 0.29) is 6.61 Å². The molecule has 32 nitrogen and oxygen atoms in total. The van der Waals surface area contributed by atoms with E-state index in [9.17, 15) is 97.0 Å². The highest BCUT2D eigenvalue weighted by molar-refractivity contribution is 5.00. The summed E-state index contributed by atoms with van der Waals surface area (Å²) in [6, 6.07) is 0. The highest BCUT2D eigenvalue weighted by Gasteiger charge is 2.57. The minimum Gasteiger partial charge on any atom is -0.394 e. The van der Waals surface area contributed by atoms with Gasteiger partial charge in [0.1, 0.15) is 146 Å². The first-order valence-electron chi connectivity index (χ1n) is 23.3. The highest BCUT2D eigenvalue weighted by atomic mass is 16.8. The second kappa shape index (κ2) is 26.9. The zero-order chi connectivity index (χ0) is 52.9. The number of ether oxygens (including phenoxy) is 12. The van der Waals surface area contributed by atoms with Crippen LogP contribution < -0.4 is 5.73 Å². The Morgan fingerprint density at radius 3 is 0.778 bits per heavy atom. The van der Waals surface area contributed by atoms with Crippen LogP contribution in [0.25, 0.3) is 0 Å². The van der Waals surface area contributed by atoms with E-state index in [0.29, 0.717) is 19.4 Å². The number of nitrogens with two attached hydrogens (primary N) is 1. The number of aliphatic hydroxyl groups is 19. The van der Waals surface area contributed by atoms with Crippen molar-refractivity contribution in [1.29, 1.82) is 0 Å². The van der Waals surface area contributed by atoms with Crippen molar-refractivity contribution in [3.05, 3.63) is 0 Å². The zero-order valence-electron chi connectivity index (χ0n) is 38.4. The van der Waals surface area contributed by atoms with E-state index in [2.05, 4.69) is 0 Å². The molecule has 0 amide bonds. The third kappa shape index (κ3) is 12.8. The van der Waals surface area contributed by atoms with E-state index >= 15 is 0 Å². The lowest BCUT2D eigenvalue weighted by atomic mass is 9.95. The van der Waals surface area contributed by atoms with E-state index in [1.807, 2.05) is 0 Å². The predicted octanol–water partition coefficient (Wildman–Crippen LogP) is -13.3. The summed E-state index contributed by atoms with van der Waals surface area (Å²) in [5, 5.41) is 202. The topological polar surface area (TPSA) is 521 Å². The quantitative estimate of drug-likeness (QED) is 0.0475. The van der Waals surface area contributed by atoms with E-state index < -0.39 is 224 Å². The smallest absolute Gasteiger partial charge is 0.187 e. The Bertz CT molecular complexity index is 1590. The summed E-state index contributed by atoms with van der Waals surface area (Å²) in [4.78, 5) is 0. The molecule has 72 heavy (non-hydrogen) atoms. The predicted molar refractivity (Wildman–Crippen MR) is 221 cm³/mol. The average molecular weight is 1060 g/mol. The molecule has 6 saturated heterocycles. The molecule has 21 N–H and O–H groups in total. The Morgan fingerprint density at radius 2 is 0.514 bits per heavy atom. The van der Waals surface area contributed by atoms with Gasteiger partial charge in [-0.25, -0.2) is 0 Å². The lowest BCUT2D eigenvalue weighted by Crippen LogP contribution is -2.68. The first-order valence-corrected chi connectivity index (χ1v) is 23.3. The Kier molecular flexibility index (Phi) is 22.4. The monoisotopic (exact) mass is 1060 g/mol. The largest absolute Gasteiger partial charge is 0.394 e. The van der Waals surface area contributed by atoms with E-state index in [1.165, 1.54) is 0 Å². The van der Waals surface area contributed by atoms with Gasteiger partial charge in [0.2, 0.25) is 0 Å². The van der Waals surface area contributed by atoms with Crippen molar-refractivity contribution in [3.63, 3.8) is 0 Å². The Balaban J connectivity index is 1.05. The standard InChI is InChI=1S/C40H71NO31/c41-3-1-2-4-61-35-25(56)19(50)30(12(6-43)63-35)69-37-27(58)21(52)32(14(8-45)65-37)71-39-29(60)23(54)34(16(10-47)67-39)72-40-28(59)22(53)33(15(9-46)66-40)70-38-26(57)20(51)31(13(7-44)64-38)68-36-24(55)18(49)17(48)11(5-42)62-36/h11-40,42-60H,1-10,41H2/t11?,12?,13?,14?,15?,16?,17-,18+,19-,20-,21-,22-,23-,24?,25?,26?,27?,28?,29?,30+,31-,32-,33+,34-,35+,36+,37-,38-,39+,40-/m1/s1. The zero-order valence-corrected chi connectivity index (χ0v) is 38.4. The molecule has 0 aromatic carbocycles. The lowest BCUT2D eigenvalue weighted by Gasteiger charge is -2.50. The summed E-state index contributed by atoms with van der Waals surface area (Å²) in [7, 11) is 0. The molecule has 6 rings (SSSR count). The van der Waals surface area contributed by atoms with Gasteiger partial charge in [-0.05, 0) is 19.4 Å². The van der Waals surface area contributed by atoms with Crippen LogP contribution in [0.5, 0.6) is 0 Å². The van der Waals surface area contributed by atoms with Crippen LogP contribution in [0.4, 0.5) is 0 Å². The fraction of sp³-hybridized carbons (Fsp3) is 1.00. The number of aliphatic hydroxyl groups excluding tert-OH is 19. The normalized spacial score (nSPS) is 50.5. The summed E-state index contributed by atoms with van der Waals surface area (Å²) >= 11 is 0. The van der Waals surface area contributed by atoms with Crippen molar-refractivity contribution in [2.45, 2.75) is 197 Å². The minimum absolute atomic E-state index is 0.0923. The third-order valence-corrected chi connectivity index (χ3v) is 13.3. The molecule has 6 heterocycles. The van der Waals surface area contributed by atoms with Gasteiger partial charge in [-0.2, -0.15) is 0 Å². The second-order valence-corrected chi connectivity index (χ2v) is 18.1. The molecule has 0 aromatic heterocycles. The highest BCUT2D eigenvalue weighted by Crippen LogP contribution is 2.37. The molecule has 0 radical (unpaired) electrons. The van der Waals surface area contributed by atoms with Crippen LogP contribution in [-0.4, -0.2) is 334 Å². The molecule has 0 bridgehead atoms. The molecule has 0 spiro atoms. The van der Waals surface area contributed by atoms with Crippen molar-refractivity contribution in [3.8, 4) is 0 Å². The third-order valence-electron chi connectivity index (χ3n) is 13.3. The van der Waals surface area contributed by atoms with Crippen LogP contribution in [0.15, 0.2) is 0 Å². The van der Waals surface area contributed by atoms with E-state index in [0.717, 1.165) is 0 Å². The van der Waals surface area contributed by atoms with Crippen molar-refractivity contribution in [2.24, 2.45) is 5.73 Å². The molecule has 0 aromatic rings. The fourth-order valence-electron chi connectivity index (χ4n) is 9.09. The van der Waals surface area contributed by atoms with Crippen molar-refractivity contribution in [2.75, 3.05) is 52.8 Å². The lowest BCUT2D eigenvalue weighted by molar-refractivity contribution is -0.396. The van der Waals surface area contributed by atoms with Crippen molar-refractivity contribution < 1.29 is 154 Å². The van der Waals surface area contributed by atoms with Gasteiger partial charge in [-0.1, -0.05) is 0 Å². The van der Waals surface area contributed by atoms with Crippen LogP contribution in [0.3, 0.4) is 0 Å². The SMILES string of the molecule is NCCCCO[C@H]1OC(CO)[C@H](O[C@H]2OC(CO)[C@@H](O[C@@H]3OC(CO)[C@@H](O[C@H]4OC(CO)[C@H](O[C@H]5OC(CO)[C@@H](O[C@@H]6OC(CO)[C@@H](O)[C@H](O)C6O)[C@H](O)C5O)[C@H](O)C4O)[C@H](O)C3O)[C@H](O)C2O)[C@H](O)C1O. The average Bonchev–Trinajstić information content (AvgIpc) is 3.37. The van der Waals surface area contributed by atoms with Crippen LogP contribution >= 0.6 is 0 Å². The molecule has 30 atom stereocenters. The summed E-state index contributed by atoms with van der Waals surface area (Å²) in [5.74, 6) is 0. The minimum atomic E-state index is -2.17. The molecule has 0 saturated carbocycles. The summed E-state index contributed by atoms with van der Waals surface area (Å²) < 4.78 is 67.1. The molecule has 6 aliphatic rings. The summed E-state index contributed by atoms with van der Waals surface area (Å²) in [5.41, 5.74) is 5.47. The molecule has 12 unspecified atom stereocenters. The van der Waals surface area contributed by atoms with Gasteiger partial charge in [0.25, 0.3) is 0 Å². The molecule has 6 aliphatic heterocycles. The molecular weight excluding hydrogens is 990 g/mol. The molecule has 0 aliphatic carbocycles. The van der Waals surface area contributed by atoms with Crippen LogP contribution in [0, 0.1) is 0 Å². The molecule has 6 fully saturated rings. The molecule has 32 heteroatoms. The second-order valence-electron chi connectivity index (χ2n) is 18.1. The maximum absolute atomic E-state index is 11.3. The first-order chi connectivity index (χ1) is 34.3. The number of hydrogen-bond acceptors (Lipinski definition) is 32. The first kappa shape index (κ1) is 60.0. The van der Waals surface area contributed by atoms with Crippen LogP contribution in [-0.2, 0) is 56.8 Å². The van der Waals surface area contributed by atoms with Crippen molar-refractivity contribution >= 4 is 0 Å².